The maximum atomic E-state index is 5.93. The number of ether oxygens (including phenoxy) is 1. The number of hydrogen-bond acceptors (Lipinski definition) is 4. The summed E-state index contributed by atoms with van der Waals surface area (Å²) in [5, 5.41) is 2.19. The fourth-order valence-corrected chi connectivity index (χ4v) is 5.06. The smallest absolute Gasteiger partial charge is 0.0523 e. The molecule has 3 nitrogen and oxygen atoms in total. The van der Waals surface area contributed by atoms with Crippen LogP contribution in [0.25, 0.3) is 0 Å². The summed E-state index contributed by atoms with van der Waals surface area (Å²) in [5.41, 5.74) is 3.98. The third-order valence-corrected chi connectivity index (χ3v) is 7.15. The van der Waals surface area contributed by atoms with Crippen LogP contribution in [0, 0.1) is 19.3 Å². The minimum Gasteiger partial charge on any atom is -0.381 e. The van der Waals surface area contributed by atoms with Gasteiger partial charge >= 0.3 is 0 Å². The Morgan fingerprint density at radius 3 is 2.63 bits per heavy atom. The first kappa shape index (κ1) is 20.5. The molecule has 3 heterocycles. The zero-order chi connectivity index (χ0) is 19.3. The van der Waals surface area contributed by atoms with Crippen LogP contribution >= 0.6 is 11.3 Å². The fourth-order valence-electron chi connectivity index (χ4n) is 4.35. The zero-order valence-corrected chi connectivity index (χ0v) is 18.1. The number of piperidine rings is 1. The minimum absolute atomic E-state index is 0.330. The summed E-state index contributed by atoms with van der Waals surface area (Å²) in [6, 6.07) is 9.27. The van der Waals surface area contributed by atoms with Crippen molar-refractivity contribution in [1.29, 1.82) is 0 Å². The predicted molar refractivity (Wildman–Crippen MR) is 114 cm³/mol. The van der Waals surface area contributed by atoms with Crippen molar-refractivity contribution in [2.45, 2.75) is 59.4 Å². The van der Waals surface area contributed by atoms with Crippen LogP contribution in [0.1, 0.15) is 61.0 Å². The third kappa shape index (κ3) is 5.18. The van der Waals surface area contributed by atoms with Crippen molar-refractivity contribution in [3.63, 3.8) is 0 Å². The summed E-state index contributed by atoms with van der Waals surface area (Å²) < 4.78 is 5.93. The molecule has 27 heavy (non-hydrogen) atoms. The number of pyridine rings is 1. The van der Waals surface area contributed by atoms with Crippen molar-refractivity contribution < 1.29 is 4.74 Å². The number of likely N-dealkylation sites (tertiary alicyclic amines) is 1. The molecule has 0 amide bonds. The van der Waals surface area contributed by atoms with Crippen molar-refractivity contribution >= 4 is 11.3 Å². The first-order valence-electron chi connectivity index (χ1n) is 10.3. The molecule has 1 saturated heterocycles. The monoisotopic (exact) mass is 386 g/mol. The second-order valence-electron chi connectivity index (χ2n) is 8.06. The summed E-state index contributed by atoms with van der Waals surface area (Å²) >= 11 is 1.88. The van der Waals surface area contributed by atoms with Gasteiger partial charge in [0.25, 0.3) is 0 Å². The maximum absolute atomic E-state index is 5.93. The van der Waals surface area contributed by atoms with E-state index in [0.29, 0.717) is 11.5 Å². The van der Waals surface area contributed by atoms with E-state index in [0.717, 1.165) is 32.0 Å². The molecule has 1 aliphatic heterocycles. The molecule has 0 aromatic carbocycles. The lowest BCUT2D eigenvalue weighted by molar-refractivity contribution is -0.00874. The van der Waals surface area contributed by atoms with Crippen LogP contribution in [0.2, 0.25) is 0 Å². The van der Waals surface area contributed by atoms with E-state index in [9.17, 15) is 0 Å². The number of rotatable bonds is 8. The van der Waals surface area contributed by atoms with E-state index in [1.807, 2.05) is 11.3 Å². The molecule has 1 atom stereocenters. The van der Waals surface area contributed by atoms with Crippen LogP contribution in [0.3, 0.4) is 0 Å². The predicted octanol–water partition coefficient (Wildman–Crippen LogP) is 5.57. The van der Waals surface area contributed by atoms with Gasteiger partial charge in [-0.05, 0) is 95.0 Å². The topological polar surface area (TPSA) is 25.4 Å². The van der Waals surface area contributed by atoms with Crippen LogP contribution in [0.5, 0.6) is 0 Å². The number of aromatic nitrogens is 1. The molecule has 1 aliphatic rings. The van der Waals surface area contributed by atoms with Crippen LogP contribution in [-0.2, 0) is 11.2 Å². The van der Waals surface area contributed by atoms with Crippen molar-refractivity contribution in [2.24, 2.45) is 5.41 Å². The highest BCUT2D eigenvalue weighted by molar-refractivity contribution is 7.09. The Morgan fingerprint density at radius 2 is 2.00 bits per heavy atom. The van der Waals surface area contributed by atoms with Crippen LogP contribution in [-0.4, -0.2) is 36.2 Å². The molecule has 0 aliphatic carbocycles. The van der Waals surface area contributed by atoms with Crippen molar-refractivity contribution in [1.82, 2.24) is 9.88 Å². The zero-order valence-electron chi connectivity index (χ0n) is 17.3. The van der Waals surface area contributed by atoms with E-state index in [4.69, 9.17) is 4.74 Å². The number of nitrogens with zero attached hydrogens (tertiary/aromatic N) is 2. The van der Waals surface area contributed by atoms with E-state index in [1.165, 1.54) is 41.8 Å². The summed E-state index contributed by atoms with van der Waals surface area (Å²) in [5.74, 6) is 0. The fraction of sp³-hybridized carbons (Fsp3) is 0.609. The first-order valence-corrected chi connectivity index (χ1v) is 11.2. The second-order valence-corrected chi connectivity index (χ2v) is 9.09. The Balaban J connectivity index is 1.63. The molecule has 0 N–H and O–H groups in total. The summed E-state index contributed by atoms with van der Waals surface area (Å²) in [7, 11) is 0. The highest BCUT2D eigenvalue weighted by Crippen LogP contribution is 2.39. The van der Waals surface area contributed by atoms with Gasteiger partial charge in [0.15, 0.2) is 0 Å². The van der Waals surface area contributed by atoms with Gasteiger partial charge in [0.1, 0.15) is 0 Å². The van der Waals surface area contributed by atoms with Gasteiger partial charge in [0, 0.05) is 28.9 Å². The Bertz CT molecular complexity index is 705. The van der Waals surface area contributed by atoms with Gasteiger partial charge in [-0.3, -0.25) is 9.88 Å². The van der Waals surface area contributed by atoms with Gasteiger partial charge in [-0.15, -0.1) is 11.3 Å². The van der Waals surface area contributed by atoms with E-state index < -0.39 is 0 Å². The molecule has 3 rings (SSSR count). The summed E-state index contributed by atoms with van der Waals surface area (Å²) in [6.07, 6.45) is 4.87. The molecule has 2 aromatic heterocycles. The van der Waals surface area contributed by atoms with Crippen LogP contribution < -0.4 is 0 Å². The molecule has 0 bridgehead atoms. The number of aryl methyl sites for hydroxylation is 3. The lowest BCUT2D eigenvalue weighted by Gasteiger charge is -2.44. The molecule has 2 aromatic rings. The molecule has 4 heteroatoms. The van der Waals surface area contributed by atoms with Gasteiger partial charge < -0.3 is 4.74 Å². The second kappa shape index (κ2) is 9.31. The van der Waals surface area contributed by atoms with E-state index in [2.05, 4.69) is 67.2 Å². The minimum atomic E-state index is 0.330. The molecule has 1 fully saturated rings. The molecule has 148 valence electrons. The Kier molecular flexibility index (Phi) is 7.07. The SMILES string of the molecule is CCOCC1(CCc2cccs2)CCN(C(C)c2ccc(C)nc2C)CC1. The van der Waals surface area contributed by atoms with Gasteiger partial charge in [0.05, 0.1) is 6.61 Å². The van der Waals surface area contributed by atoms with Crippen LogP contribution in [0.15, 0.2) is 29.6 Å². The van der Waals surface area contributed by atoms with Crippen molar-refractivity contribution in [3.05, 3.63) is 51.5 Å². The van der Waals surface area contributed by atoms with Crippen LogP contribution in [0.4, 0.5) is 0 Å². The summed E-state index contributed by atoms with van der Waals surface area (Å²) in [4.78, 5) is 8.81. The van der Waals surface area contributed by atoms with Crippen molar-refractivity contribution in [3.8, 4) is 0 Å². The Hall–Kier alpha value is -1.23. The molecule has 0 saturated carbocycles. The van der Waals surface area contributed by atoms with Gasteiger partial charge in [-0.2, -0.15) is 0 Å². The lowest BCUT2D eigenvalue weighted by Crippen LogP contribution is -2.43. The largest absolute Gasteiger partial charge is 0.381 e. The maximum Gasteiger partial charge on any atom is 0.0523 e. The Morgan fingerprint density at radius 1 is 1.22 bits per heavy atom. The molecule has 1 unspecified atom stereocenters. The van der Waals surface area contributed by atoms with Gasteiger partial charge in [-0.25, -0.2) is 0 Å². The average molecular weight is 387 g/mol. The van der Waals surface area contributed by atoms with E-state index >= 15 is 0 Å². The van der Waals surface area contributed by atoms with E-state index in [-0.39, 0.29) is 0 Å². The van der Waals surface area contributed by atoms with Gasteiger partial charge in [0.2, 0.25) is 0 Å². The molecular weight excluding hydrogens is 352 g/mol. The highest BCUT2D eigenvalue weighted by atomic mass is 32.1. The normalized spacial score (nSPS) is 18.5. The van der Waals surface area contributed by atoms with E-state index in [1.54, 1.807) is 0 Å². The first-order chi connectivity index (χ1) is 13.0. The standard InChI is InChI=1S/C23H34N2OS/c1-5-26-17-23(11-10-21-7-6-16-27-21)12-14-25(15-13-23)20(4)22-9-8-18(2)24-19(22)3/h6-9,16,20H,5,10-15,17H2,1-4H3. The van der Waals surface area contributed by atoms with Gasteiger partial charge in [-0.1, -0.05) is 12.1 Å². The highest BCUT2D eigenvalue weighted by Gasteiger charge is 2.36. The molecule has 0 radical (unpaired) electrons. The van der Waals surface area contributed by atoms with Crippen molar-refractivity contribution in [2.75, 3.05) is 26.3 Å². The number of hydrogen-bond donors (Lipinski definition) is 0. The molecule has 0 spiro atoms. The summed E-state index contributed by atoms with van der Waals surface area (Å²) in [6.45, 7) is 12.7. The lowest BCUT2D eigenvalue weighted by atomic mass is 9.75. The third-order valence-electron chi connectivity index (χ3n) is 6.22. The number of thiophene rings is 1. The quantitative estimate of drug-likeness (QED) is 0.593. The molecular formula is C23H34N2OS. The average Bonchev–Trinajstić information content (AvgIpc) is 3.19. The Labute approximate surface area is 168 Å².